The lowest BCUT2D eigenvalue weighted by Crippen LogP contribution is -2.29. The van der Waals surface area contributed by atoms with Crippen LogP contribution in [0.25, 0.3) is 0 Å². The van der Waals surface area contributed by atoms with Crippen LogP contribution in [0.2, 0.25) is 0 Å². The van der Waals surface area contributed by atoms with E-state index in [0.717, 1.165) is 44.0 Å². The first kappa shape index (κ1) is 15.8. The maximum atomic E-state index is 5.81. The normalized spacial score (nSPS) is 15.4. The van der Waals surface area contributed by atoms with E-state index in [0.29, 0.717) is 6.61 Å². The van der Waals surface area contributed by atoms with E-state index in [4.69, 9.17) is 4.74 Å². The number of ether oxygens (including phenoxy) is 1. The highest BCUT2D eigenvalue weighted by Crippen LogP contribution is 2.14. The van der Waals surface area contributed by atoms with E-state index in [9.17, 15) is 0 Å². The molecule has 3 rings (SSSR count). The number of benzene rings is 1. The van der Waals surface area contributed by atoms with Crippen molar-refractivity contribution in [3.63, 3.8) is 0 Å². The molecule has 2 aromatic rings. The number of hydrogen-bond acceptors (Lipinski definition) is 4. The third kappa shape index (κ3) is 4.98. The van der Waals surface area contributed by atoms with E-state index in [2.05, 4.69) is 39.3 Å². The molecule has 1 aliphatic heterocycles. The fraction of sp³-hybridized carbons (Fsp3) is 0.368. The molecular formula is C19H22N3O. The molecule has 1 aromatic carbocycles. The van der Waals surface area contributed by atoms with Gasteiger partial charge in [-0.2, -0.15) is 0 Å². The van der Waals surface area contributed by atoms with Crippen molar-refractivity contribution in [1.82, 2.24) is 14.9 Å². The Bertz CT molecular complexity index is 637. The van der Waals surface area contributed by atoms with Gasteiger partial charge in [0.1, 0.15) is 5.82 Å². The molecule has 0 bridgehead atoms. The second-order valence-corrected chi connectivity index (χ2v) is 5.88. The summed E-state index contributed by atoms with van der Waals surface area (Å²) < 4.78 is 5.81. The van der Waals surface area contributed by atoms with Crippen molar-refractivity contribution in [1.29, 1.82) is 0 Å². The summed E-state index contributed by atoms with van der Waals surface area (Å²) in [4.78, 5) is 10.7. The molecule has 0 spiro atoms. The number of hydrogen-bond donors (Lipinski definition) is 0. The quantitative estimate of drug-likeness (QED) is 0.769. The Morgan fingerprint density at radius 3 is 2.78 bits per heavy atom. The Labute approximate surface area is 137 Å². The average Bonchev–Trinajstić information content (AvgIpc) is 2.59. The predicted octanol–water partition coefficient (Wildman–Crippen LogP) is 2.93. The van der Waals surface area contributed by atoms with Crippen molar-refractivity contribution < 1.29 is 4.74 Å². The van der Waals surface area contributed by atoms with Gasteiger partial charge in [0, 0.05) is 31.4 Å². The molecule has 4 heteroatoms. The van der Waals surface area contributed by atoms with Crippen molar-refractivity contribution >= 4 is 0 Å². The Kier molecular flexibility index (Phi) is 5.51. The molecule has 23 heavy (non-hydrogen) atoms. The molecule has 0 aliphatic carbocycles. The van der Waals surface area contributed by atoms with E-state index in [1.165, 1.54) is 11.1 Å². The van der Waals surface area contributed by atoms with E-state index in [1.54, 1.807) is 0 Å². The number of nitrogens with zero attached hydrogens (tertiary/aromatic N) is 3. The first-order valence-corrected chi connectivity index (χ1v) is 8.02. The SMILES string of the molecule is Cc1n[c]c(CN2CC=C(COCc3ccccc3)CC2)cn1. The standard InChI is InChI=1S/C19H22N3O/c1-16-20-11-19(12-21-16)13-22-9-7-18(8-10-22)15-23-14-17-5-3-2-4-6-17/h2-7,11H,8-10,13-15H2,1H3. The van der Waals surface area contributed by atoms with Gasteiger partial charge in [-0.3, -0.25) is 4.90 Å². The van der Waals surface area contributed by atoms with Crippen molar-refractivity contribution in [2.45, 2.75) is 26.5 Å². The molecular weight excluding hydrogens is 286 g/mol. The van der Waals surface area contributed by atoms with Crippen molar-refractivity contribution in [2.24, 2.45) is 0 Å². The molecule has 4 nitrogen and oxygen atoms in total. The van der Waals surface area contributed by atoms with Crippen LogP contribution in [-0.2, 0) is 17.9 Å². The molecule has 1 radical (unpaired) electrons. The van der Waals surface area contributed by atoms with E-state index >= 15 is 0 Å². The van der Waals surface area contributed by atoms with Crippen LogP contribution in [0.5, 0.6) is 0 Å². The molecule has 2 heterocycles. The van der Waals surface area contributed by atoms with Crippen molar-refractivity contribution in [2.75, 3.05) is 19.7 Å². The van der Waals surface area contributed by atoms with Gasteiger partial charge >= 0.3 is 0 Å². The van der Waals surface area contributed by atoms with Crippen LogP contribution in [-0.4, -0.2) is 34.6 Å². The highest BCUT2D eigenvalue weighted by Gasteiger charge is 2.12. The average molecular weight is 308 g/mol. The summed E-state index contributed by atoms with van der Waals surface area (Å²) in [6, 6.07) is 10.3. The van der Waals surface area contributed by atoms with Crippen LogP contribution in [0.1, 0.15) is 23.4 Å². The van der Waals surface area contributed by atoms with Gasteiger partial charge in [0.25, 0.3) is 0 Å². The fourth-order valence-electron chi connectivity index (χ4n) is 2.60. The molecule has 0 saturated carbocycles. The molecule has 0 fully saturated rings. The molecule has 0 saturated heterocycles. The minimum absolute atomic E-state index is 0.678. The Hall–Kier alpha value is -2.04. The minimum atomic E-state index is 0.678. The molecule has 119 valence electrons. The molecule has 0 N–H and O–H groups in total. The van der Waals surface area contributed by atoms with Crippen molar-refractivity contribution in [3.8, 4) is 0 Å². The molecule has 0 atom stereocenters. The van der Waals surface area contributed by atoms with Gasteiger partial charge in [0.15, 0.2) is 0 Å². The summed E-state index contributed by atoms with van der Waals surface area (Å²) in [5.41, 5.74) is 3.66. The molecule has 0 unspecified atom stereocenters. The second-order valence-electron chi connectivity index (χ2n) is 5.88. The largest absolute Gasteiger partial charge is 0.372 e. The molecule has 1 aliphatic rings. The lowest BCUT2D eigenvalue weighted by atomic mass is 10.1. The van der Waals surface area contributed by atoms with Gasteiger partial charge in [-0.1, -0.05) is 36.4 Å². The van der Waals surface area contributed by atoms with Gasteiger partial charge in [-0.15, -0.1) is 0 Å². The number of aromatic nitrogens is 2. The Morgan fingerprint density at radius 1 is 1.22 bits per heavy atom. The lowest BCUT2D eigenvalue weighted by molar-refractivity contribution is 0.136. The highest BCUT2D eigenvalue weighted by molar-refractivity contribution is 5.14. The topological polar surface area (TPSA) is 38.2 Å². The summed E-state index contributed by atoms with van der Waals surface area (Å²) in [6.45, 7) is 6.13. The van der Waals surface area contributed by atoms with Gasteiger partial charge in [-0.05, 0) is 24.5 Å². The second kappa shape index (κ2) is 7.99. The number of rotatable bonds is 6. The van der Waals surface area contributed by atoms with Crippen molar-refractivity contribution in [3.05, 3.63) is 71.3 Å². The van der Waals surface area contributed by atoms with Gasteiger partial charge in [0.05, 0.1) is 19.4 Å². The third-order valence-electron chi connectivity index (χ3n) is 3.95. The smallest absolute Gasteiger partial charge is 0.125 e. The Morgan fingerprint density at radius 2 is 2.09 bits per heavy atom. The summed E-state index contributed by atoms with van der Waals surface area (Å²) in [7, 11) is 0. The lowest BCUT2D eigenvalue weighted by Gasteiger charge is -2.26. The fourth-order valence-corrected chi connectivity index (χ4v) is 2.60. The maximum Gasteiger partial charge on any atom is 0.125 e. The Balaban J connectivity index is 1.42. The minimum Gasteiger partial charge on any atom is -0.372 e. The molecule has 0 amide bonds. The van der Waals surface area contributed by atoms with Crippen LogP contribution in [0.15, 0.2) is 48.2 Å². The van der Waals surface area contributed by atoms with Crippen LogP contribution in [0, 0.1) is 13.1 Å². The zero-order valence-corrected chi connectivity index (χ0v) is 13.5. The predicted molar refractivity (Wildman–Crippen MR) is 89.7 cm³/mol. The van der Waals surface area contributed by atoms with Crippen LogP contribution >= 0.6 is 0 Å². The zero-order chi connectivity index (χ0) is 15.9. The number of aryl methyl sites for hydroxylation is 1. The van der Waals surface area contributed by atoms with Gasteiger partial charge in [0.2, 0.25) is 0 Å². The summed E-state index contributed by atoms with van der Waals surface area (Å²) in [5.74, 6) is 0.769. The maximum absolute atomic E-state index is 5.81. The first-order valence-electron chi connectivity index (χ1n) is 8.02. The van der Waals surface area contributed by atoms with Gasteiger partial charge in [-0.25, -0.2) is 9.97 Å². The van der Waals surface area contributed by atoms with E-state index in [1.807, 2.05) is 31.3 Å². The third-order valence-corrected chi connectivity index (χ3v) is 3.95. The van der Waals surface area contributed by atoms with Crippen LogP contribution < -0.4 is 0 Å². The van der Waals surface area contributed by atoms with E-state index < -0.39 is 0 Å². The summed E-state index contributed by atoms with van der Waals surface area (Å²) in [6.07, 6.45) is 8.25. The van der Waals surface area contributed by atoms with Gasteiger partial charge < -0.3 is 4.74 Å². The molecule has 1 aromatic heterocycles. The van der Waals surface area contributed by atoms with Crippen LogP contribution in [0.3, 0.4) is 0 Å². The monoisotopic (exact) mass is 308 g/mol. The zero-order valence-electron chi connectivity index (χ0n) is 13.5. The summed E-state index contributed by atoms with van der Waals surface area (Å²) in [5, 5.41) is 0. The summed E-state index contributed by atoms with van der Waals surface area (Å²) >= 11 is 0. The first-order chi connectivity index (χ1) is 11.3. The highest BCUT2D eigenvalue weighted by atomic mass is 16.5. The van der Waals surface area contributed by atoms with E-state index in [-0.39, 0.29) is 0 Å². The van der Waals surface area contributed by atoms with Crippen LogP contribution in [0.4, 0.5) is 0 Å².